The van der Waals surface area contributed by atoms with Gasteiger partial charge in [-0.2, -0.15) is 0 Å². The molecule has 0 aliphatic heterocycles. The Morgan fingerprint density at radius 1 is 0.857 bits per heavy atom. The number of benzene rings is 3. The van der Waals surface area contributed by atoms with E-state index in [2.05, 4.69) is 0 Å². The molecule has 0 bridgehead atoms. The third kappa shape index (κ3) is 2.53. The van der Waals surface area contributed by atoms with Crippen molar-refractivity contribution in [1.82, 2.24) is 0 Å². The molecule has 0 spiro atoms. The number of nitro groups is 1. The number of hydrogen-bond donors (Lipinski definition) is 0. The summed E-state index contributed by atoms with van der Waals surface area (Å²) >= 11 is 6.15. The van der Waals surface area contributed by atoms with E-state index in [1.165, 1.54) is 6.07 Å². The highest BCUT2D eigenvalue weighted by Crippen LogP contribution is 2.36. The Labute approximate surface area is 125 Å². The maximum atomic E-state index is 11.0. The van der Waals surface area contributed by atoms with Crippen LogP contribution in [0.4, 0.5) is 5.69 Å². The summed E-state index contributed by atoms with van der Waals surface area (Å²) in [5.41, 5.74) is -0.0727. The van der Waals surface area contributed by atoms with Crippen LogP contribution >= 0.6 is 11.6 Å². The highest BCUT2D eigenvalue weighted by Gasteiger charge is 2.15. The summed E-state index contributed by atoms with van der Waals surface area (Å²) in [6, 6.07) is 17.2. The lowest BCUT2D eigenvalue weighted by atomic mass is 10.1. The molecule has 0 saturated heterocycles. The van der Waals surface area contributed by atoms with Gasteiger partial charge in [0.15, 0.2) is 0 Å². The monoisotopic (exact) mass is 299 g/mol. The van der Waals surface area contributed by atoms with Crippen molar-refractivity contribution in [2.45, 2.75) is 0 Å². The third-order valence-electron chi connectivity index (χ3n) is 3.11. The Kier molecular flexibility index (Phi) is 3.46. The maximum Gasteiger partial charge on any atom is 0.311 e. The minimum Gasteiger partial charge on any atom is -0.449 e. The van der Waals surface area contributed by atoms with E-state index in [0.29, 0.717) is 10.8 Å². The first-order valence-electron chi connectivity index (χ1n) is 6.25. The minimum absolute atomic E-state index is 0.0727. The Hall–Kier alpha value is -2.59. The van der Waals surface area contributed by atoms with E-state index in [1.54, 1.807) is 30.3 Å². The second kappa shape index (κ2) is 5.42. The van der Waals surface area contributed by atoms with E-state index in [0.717, 1.165) is 10.8 Å². The molecule has 3 aromatic carbocycles. The van der Waals surface area contributed by atoms with Crippen LogP contribution in [0.2, 0.25) is 5.02 Å². The third-order valence-corrected chi connectivity index (χ3v) is 3.44. The molecule has 0 atom stereocenters. The van der Waals surface area contributed by atoms with E-state index in [1.807, 2.05) is 24.3 Å². The first kappa shape index (κ1) is 13.4. The SMILES string of the molecule is O=[N+]([O-])c1ccccc1Oc1ccc(Cl)c2ccccc12. The van der Waals surface area contributed by atoms with E-state index < -0.39 is 4.92 Å². The molecular formula is C16H10ClNO3. The highest BCUT2D eigenvalue weighted by molar-refractivity contribution is 6.35. The smallest absolute Gasteiger partial charge is 0.311 e. The molecule has 0 saturated carbocycles. The Balaban J connectivity index is 2.11. The van der Waals surface area contributed by atoms with Crippen LogP contribution in [-0.4, -0.2) is 4.92 Å². The van der Waals surface area contributed by atoms with Crippen LogP contribution in [0.25, 0.3) is 10.8 Å². The van der Waals surface area contributed by atoms with Gasteiger partial charge in [-0.1, -0.05) is 48.0 Å². The van der Waals surface area contributed by atoms with Crippen LogP contribution in [-0.2, 0) is 0 Å². The largest absolute Gasteiger partial charge is 0.449 e. The Morgan fingerprint density at radius 2 is 1.52 bits per heavy atom. The van der Waals surface area contributed by atoms with Crippen molar-refractivity contribution in [3.05, 3.63) is 75.8 Å². The summed E-state index contributed by atoms with van der Waals surface area (Å²) in [5.74, 6) is 0.735. The molecule has 3 aromatic rings. The first-order valence-corrected chi connectivity index (χ1v) is 6.63. The number of rotatable bonds is 3. The predicted molar refractivity (Wildman–Crippen MR) is 82.1 cm³/mol. The number of nitro benzene ring substituents is 1. The second-order valence-electron chi connectivity index (χ2n) is 4.42. The van der Waals surface area contributed by atoms with Crippen LogP contribution in [0, 0.1) is 10.1 Å². The van der Waals surface area contributed by atoms with E-state index in [9.17, 15) is 10.1 Å². The Morgan fingerprint density at radius 3 is 2.29 bits per heavy atom. The molecule has 0 fully saturated rings. The molecule has 104 valence electrons. The second-order valence-corrected chi connectivity index (χ2v) is 4.83. The van der Waals surface area contributed by atoms with Gasteiger partial charge in [-0.3, -0.25) is 10.1 Å². The van der Waals surface area contributed by atoms with Crippen molar-refractivity contribution in [3.8, 4) is 11.5 Å². The van der Waals surface area contributed by atoms with Gasteiger partial charge >= 0.3 is 5.69 Å². The van der Waals surface area contributed by atoms with Gasteiger partial charge in [-0.05, 0) is 18.2 Å². The molecule has 0 unspecified atom stereocenters. The van der Waals surface area contributed by atoms with Crippen molar-refractivity contribution in [2.24, 2.45) is 0 Å². The minimum atomic E-state index is -0.465. The van der Waals surface area contributed by atoms with E-state index >= 15 is 0 Å². The number of halogens is 1. The number of nitrogens with zero attached hydrogens (tertiary/aromatic N) is 1. The molecule has 0 aliphatic rings. The molecule has 0 heterocycles. The molecule has 0 aromatic heterocycles. The molecule has 0 aliphatic carbocycles. The van der Waals surface area contributed by atoms with Crippen molar-refractivity contribution in [3.63, 3.8) is 0 Å². The van der Waals surface area contributed by atoms with Gasteiger partial charge in [0.25, 0.3) is 0 Å². The summed E-state index contributed by atoms with van der Waals surface area (Å²) in [6.45, 7) is 0. The fourth-order valence-electron chi connectivity index (χ4n) is 2.14. The summed E-state index contributed by atoms with van der Waals surface area (Å²) in [7, 11) is 0. The summed E-state index contributed by atoms with van der Waals surface area (Å²) < 4.78 is 5.74. The lowest BCUT2D eigenvalue weighted by Crippen LogP contribution is -1.93. The standard InChI is InChI=1S/C16H10ClNO3/c17-13-9-10-15(12-6-2-1-5-11(12)13)21-16-8-4-3-7-14(16)18(19)20/h1-10H. The molecule has 0 radical (unpaired) electrons. The normalized spacial score (nSPS) is 10.5. The zero-order valence-electron chi connectivity index (χ0n) is 10.8. The summed E-state index contributed by atoms with van der Waals surface area (Å²) in [4.78, 5) is 10.6. The number of ether oxygens (including phenoxy) is 1. The van der Waals surface area contributed by atoms with Crippen LogP contribution in [0.1, 0.15) is 0 Å². The molecule has 0 amide bonds. The van der Waals surface area contributed by atoms with Crippen LogP contribution in [0.3, 0.4) is 0 Å². The lowest BCUT2D eigenvalue weighted by Gasteiger charge is -2.10. The van der Waals surface area contributed by atoms with Gasteiger partial charge in [-0.25, -0.2) is 0 Å². The molecule has 5 heteroatoms. The summed E-state index contributed by atoms with van der Waals surface area (Å²) in [6.07, 6.45) is 0. The summed E-state index contributed by atoms with van der Waals surface area (Å²) in [5, 5.41) is 13.3. The highest BCUT2D eigenvalue weighted by atomic mass is 35.5. The van der Waals surface area contributed by atoms with Gasteiger partial charge < -0.3 is 4.74 Å². The average Bonchev–Trinajstić information content (AvgIpc) is 2.51. The van der Waals surface area contributed by atoms with Gasteiger partial charge in [0.05, 0.1) is 4.92 Å². The van der Waals surface area contributed by atoms with Crippen LogP contribution in [0.15, 0.2) is 60.7 Å². The fraction of sp³-hybridized carbons (Fsp3) is 0. The van der Waals surface area contributed by atoms with Crippen molar-refractivity contribution < 1.29 is 9.66 Å². The zero-order chi connectivity index (χ0) is 14.8. The first-order chi connectivity index (χ1) is 10.2. The average molecular weight is 300 g/mol. The van der Waals surface area contributed by atoms with Gasteiger partial charge in [0.2, 0.25) is 5.75 Å². The van der Waals surface area contributed by atoms with Gasteiger partial charge in [0.1, 0.15) is 5.75 Å². The number of hydrogen-bond acceptors (Lipinski definition) is 3. The van der Waals surface area contributed by atoms with Crippen molar-refractivity contribution >= 4 is 28.1 Å². The van der Waals surface area contributed by atoms with Crippen LogP contribution in [0.5, 0.6) is 11.5 Å². The van der Waals surface area contributed by atoms with Crippen molar-refractivity contribution in [2.75, 3.05) is 0 Å². The topological polar surface area (TPSA) is 52.4 Å². The van der Waals surface area contributed by atoms with Crippen LogP contribution < -0.4 is 4.74 Å². The molecule has 0 N–H and O–H groups in total. The quantitative estimate of drug-likeness (QED) is 0.494. The molecule has 3 rings (SSSR count). The van der Waals surface area contributed by atoms with Gasteiger partial charge in [-0.15, -0.1) is 0 Å². The number of fused-ring (bicyclic) bond motifs is 1. The lowest BCUT2D eigenvalue weighted by molar-refractivity contribution is -0.385. The van der Waals surface area contributed by atoms with E-state index in [-0.39, 0.29) is 11.4 Å². The predicted octanol–water partition coefficient (Wildman–Crippen LogP) is 5.19. The maximum absolute atomic E-state index is 11.0. The zero-order valence-corrected chi connectivity index (χ0v) is 11.6. The molecule has 4 nitrogen and oxygen atoms in total. The van der Waals surface area contributed by atoms with Crippen molar-refractivity contribution in [1.29, 1.82) is 0 Å². The fourth-order valence-corrected chi connectivity index (χ4v) is 2.36. The Bertz CT molecular complexity index is 833. The molecule has 21 heavy (non-hydrogen) atoms. The number of para-hydroxylation sites is 2. The molecular weight excluding hydrogens is 290 g/mol. The van der Waals surface area contributed by atoms with E-state index in [4.69, 9.17) is 16.3 Å². The van der Waals surface area contributed by atoms with Gasteiger partial charge in [0, 0.05) is 21.9 Å².